The van der Waals surface area contributed by atoms with E-state index in [-0.39, 0.29) is 5.91 Å². The monoisotopic (exact) mass is 415 g/mol. The van der Waals surface area contributed by atoms with Gasteiger partial charge in [0.2, 0.25) is 5.95 Å². The van der Waals surface area contributed by atoms with Gasteiger partial charge in [0.05, 0.1) is 43.5 Å². The van der Waals surface area contributed by atoms with Gasteiger partial charge >= 0.3 is 0 Å². The van der Waals surface area contributed by atoms with Gasteiger partial charge in [0, 0.05) is 44.7 Å². The van der Waals surface area contributed by atoms with Gasteiger partial charge in [-0.05, 0) is 11.4 Å². The lowest BCUT2D eigenvalue weighted by atomic mass is 10.0. The molecule has 0 aromatic carbocycles. The number of carbonyl (C=O) groups is 1. The van der Waals surface area contributed by atoms with Crippen LogP contribution in [0.1, 0.15) is 20.9 Å². The molecule has 2 fully saturated rings. The zero-order chi connectivity index (χ0) is 19.6. The van der Waals surface area contributed by atoms with Crippen LogP contribution in [0, 0.1) is 0 Å². The van der Waals surface area contributed by atoms with E-state index in [0.29, 0.717) is 39.5 Å². The van der Waals surface area contributed by atoms with Gasteiger partial charge in [0.1, 0.15) is 5.82 Å². The molecule has 2 aromatic rings. The number of nitrogens with zero attached hydrogens (tertiary/aromatic N) is 5. The van der Waals surface area contributed by atoms with Crippen LogP contribution >= 0.6 is 11.3 Å². The van der Waals surface area contributed by atoms with E-state index in [1.54, 1.807) is 0 Å². The van der Waals surface area contributed by atoms with E-state index < -0.39 is 0 Å². The Hall–Kier alpha value is -2.23. The molecule has 154 valence electrons. The molecule has 8 nitrogen and oxygen atoms in total. The number of ether oxygens (including phenoxy) is 2. The topological polar surface area (TPSA) is 71.0 Å². The summed E-state index contributed by atoms with van der Waals surface area (Å²) in [6.07, 6.45) is 0.754. The van der Waals surface area contributed by atoms with Gasteiger partial charge in [0.15, 0.2) is 0 Å². The number of hydrogen-bond donors (Lipinski definition) is 0. The van der Waals surface area contributed by atoms with Crippen molar-refractivity contribution in [3.8, 4) is 0 Å². The Morgan fingerprint density at radius 2 is 1.69 bits per heavy atom. The average molecular weight is 416 g/mol. The van der Waals surface area contributed by atoms with E-state index in [0.717, 1.165) is 60.5 Å². The lowest BCUT2D eigenvalue weighted by Crippen LogP contribution is -2.42. The van der Waals surface area contributed by atoms with E-state index in [9.17, 15) is 4.79 Å². The van der Waals surface area contributed by atoms with Crippen molar-refractivity contribution in [3.05, 3.63) is 33.6 Å². The lowest BCUT2D eigenvalue weighted by molar-refractivity contribution is 0.0737. The first-order chi connectivity index (χ1) is 14.3. The molecule has 0 atom stereocenters. The zero-order valence-corrected chi connectivity index (χ0v) is 17.2. The van der Waals surface area contributed by atoms with Crippen LogP contribution in [-0.2, 0) is 22.4 Å². The smallest absolute Gasteiger partial charge is 0.264 e. The number of thiophene rings is 1. The van der Waals surface area contributed by atoms with Gasteiger partial charge in [-0.25, -0.2) is 4.98 Å². The molecule has 2 aromatic heterocycles. The van der Waals surface area contributed by atoms with Crippen molar-refractivity contribution in [1.82, 2.24) is 14.9 Å². The fourth-order valence-electron chi connectivity index (χ4n) is 4.05. The number of aromatic nitrogens is 2. The summed E-state index contributed by atoms with van der Waals surface area (Å²) >= 11 is 1.49. The highest BCUT2D eigenvalue weighted by molar-refractivity contribution is 7.12. The summed E-state index contributed by atoms with van der Waals surface area (Å²) in [4.78, 5) is 30.0. The number of morpholine rings is 2. The molecule has 0 spiro atoms. The minimum absolute atomic E-state index is 0.0934. The van der Waals surface area contributed by atoms with Gasteiger partial charge in [-0.1, -0.05) is 6.07 Å². The van der Waals surface area contributed by atoms with Gasteiger partial charge in [-0.3, -0.25) is 4.79 Å². The number of fused-ring (bicyclic) bond motifs is 1. The highest BCUT2D eigenvalue weighted by atomic mass is 32.1. The average Bonchev–Trinajstić information content (AvgIpc) is 3.34. The number of hydrogen-bond acceptors (Lipinski definition) is 8. The second kappa shape index (κ2) is 8.25. The molecule has 2 saturated heterocycles. The maximum atomic E-state index is 12.9. The Balaban J connectivity index is 1.48. The largest absolute Gasteiger partial charge is 0.378 e. The molecule has 0 unspecified atom stereocenters. The summed E-state index contributed by atoms with van der Waals surface area (Å²) in [6.45, 7) is 7.29. The van der Waals surface area contributed by atoms with Crippen molar-refractivity contribution in [2.24, 2.45) is 0 Å². The molecule has 3 aliphatic rings. The molecule has 29 heavy (non-hydrogen) atoms. The predicted octanol–water partition coefficient (Wildman–Crippen LogP) is 1.41. The highest BCUT2D eigenvalue weighted by Crippen LogP contribution is 2.30. The minimum Gasteiger partial charge on any atom is -0.378 e. The maximum absolute atomic E-state index is 12.9. The first-order valence-corrected chi connectivity index (χ1v) is 11.1. The molecule has 3 aliphatic heterocycles. The summed E-state index contributed by atoms with van der Waals surface area (Å²) in [5, 5.41) is 1.95. The van der Waals surface area contributed by atoms with Crippen LogP contribution in [-0.4, -0.2) is 79.9 Å². The maximum Gasteiger partial charge on any atom is 0.264 e. The van der Waals surface area contributed by atoms with Crippen LogP contribution in [0.15, 0.2) is 17.5 Å². The molecule has 0 bridgehead atoms. The Labute approximate surface area is 174 Å². The van der Waals surface area contributed by atoms with Crippen LogP contribution in [0.4, 0.5) is 11.8 Å². The van der Waals surface area contributed by atoms with E-state index >= 15 is 0 Å². The fraction of sp³-hybridized carbons (Fsp3) is 0.550. The van der Waals surface area contributed by atoms with Crippen molar-refractivity contribution in [1.29, 1.82) is 0 Å². The molecule has 5 heterocycles. The van der Waals surface area contributed by atoms with Crippen LogP contribution in [0.3, 0.4) is 0 Å². The van der Waals surface area contributed by atoms with E-state index in [1.807, 2.05) is 22.4 Å². The van der Waals surface area contributed by atoms with Gasteiger partial charge in [-0.15, -0.1) is 11.3 Å². The van der Waals surface area contributed by atoms with Crippen molar-refractivity contribution < 1.29 is 14.3 Å². The normalized spacial score (nSPS) is 19.9. The van der Waals surface area contributed by atoms with Gasteiger partial charge in [-0.2, -0.15) is 4.98 Å². The second-order valence-electron chi connectivity index (χ2n) is 7.43. The Morgan fingerprint density at radius 3 is 2.38 bits per heavy atom. The number of amides is 1. The molecule has 0 saturated carbocycles. The van der Waals surface area contributed by atoms with Gasteiger partial charge < -0.3 is 24.2 Å². The summed E-state index contributed by atoms with van der Waals surface area (Å²) < 4.78 is 11.0. The van der Waals surface area contributed by atoms with E-state index in [2.05, 4.69) is 9.80 Å². The van der Waals surface area contributed by atoms with Crippen LogP contribution in [0.2, 0.25) is 0 Å². The van der Waals surface area contributed by atoms with E-state index in [1.165, 1.54) is 11.3 Å². The zero-order valence-electron chi connectivity index (χ0n) is 16.4. The second-order valence-corrected chi connectivity index (χ2v) is 8.37. The van der Waals surface area contributed by atoms with Crippen molar-refractivity contribution >= 4 is 29.0 Å². The quantitative estimate of drug-likeness (QED) is 0.751. The SMILES string of the molecule is O=C(c1cccs1)N1CCc2nc(N3CCOCC3)nc(N3CCOCC3)c2C1. The molecule has 0 radical (unpaired) electrons. The first-order valence-electron chi connectivity index (χ1n) is 10.2. The molecular formula is C20H25N5O3S. The third-order valence-electron chi connectivity index (χ3n) is 5.65. The Bertz CT molecular complexity index is 863. The Morgan fingerprint density at radius 1 is 0.966 bits per heavy atom. The number of anilines is 2. The number of carbonyl (C=O) groups excluding carboxylic acids is 1. The van der Waals surface area contributed by atoms with Gasteiger partial charge in [0.25, 0.3) is 5.91 Å². The summed E-state index contributed by atoms with van der Waals surface area (Å²) in [6, 6.07) is 3.82. The standard InChI is InChI=1S/C20H25N5O3S/c26-19(17-2-1-13-29-17)25-4-3-16-15(14-25)18(23-5-9-27-10-6-23)22-20(21-16)24-7-11-28-12-8-24/h1-2,13H,3-12,14H2. The first kappa shape index (κ1) is 18.8. The van der Waals surface area contributed by atoms with Crippen molar-refractivity contribution in [3.63, 3.8) is 0 Å². The molecule has 1 amide bonds. The molecular weight excluding hydrogens is 390 g/mol. The number of rotatable bonds is 3. The summed E-state index contributed by atoms with van der Waals surface area (Å²) in [5.41, 5.74) is 2.15. The van der Waals surface area contributed by atoms with Crippen LogP contribution in [0.25, 0.3) is 0 Å². The third-order valence-corrected chi connectivity index (χ3v) is 6.51. The highest BCUT2D eigenvalue weighted by Gasteiger charge is 2.30. The Kier molecular flexibility index (Phi) is 5.34. The molecule has 9 heteroatoms. The lowest BCUT2D eigenvalue weighted by Gasteiger charge is -2.36. The summed E-state index contributed by atoms with van der Waals surface area (Å²) in [5.74, 6) is 1.84. The van der Waals surface area contributed by atoms with Crippen LogP contribution in [0.5, 0.6) is 0 Å². The predicted molar refractivity (Wildman–Crippen MR) is 111 cm³/mol. The third kappa shape index (κ3) is 3.82. The van der Waals surface area contributed by atoms with E-state index in [4.69, 9.17) is 19.4 Å². The van der Waals surface area contributed by atoms with Crippen LogP contribution < -0.4 is 9.80 Å². The van der Waals surface area contributed by atoms with Crippen molar-refractivity contribution in [2.75, 3.05) is 69.0 Å². The summed E-state index contributed by atoms with van der Waals surface area (Å²) in [7, 11) is 0. The minimum atomic E-state index is 0.0934. The van der Waals surface area contributed by atoms with Crippen molar-refractivity contribution in [2.45, 2.75) is 13.0 Å². The fourth-order valence-corrected chi connectivity index (χ4v) is 4.75. The molecule has 0 aliphatic carbocycles. The molecule has 5 rings (SSSR count). The molecule has 0 N–H and O–H groups in total.